The number of aryl methyl sites for hydroxylation is 2. The molecule has 49 heavy (non-hydrogen) atoms. The fourth-order valence-corrected chi connectivity index (χ4v) is 6.88. The molecule has 0 unspecified atom stereocenters. The Kier molecular flexibility index (Phi) is 9.04. The molecule has 1 N–H and O–H groups in total. The largest absolute Gasteiger partial charge is 0.451 e. The number of para-hydroxylation sites is 2. The summed E-state index contributed by atoms with van der Waals surface area (Å²) in [5, 5.41) is 5.01. The molecule has 0 aliphatic carbocycles. The highest BCUT2D eigenvalue weighted by atomic mass is 32.2. The molecular formula is C36H31F3N4O5S. The maximum atomic E-state index is 13.8. The SMILES string of the molecule is CCCCc1nn(-c2ccccc2C(F)(F)F)c(=O)n1Cc1ccc(-c2ccccc2S(=O)(=O)NC(=O)c2oc3ccccc3c2C)cc1. The standard InChI is InChI=1S/C36H31F3N4O5S/c1-3-4-17-32-40-43(29-14-8-7-13-28(29)36(37,38)39)35(45)42(32)22-24-18-20-25(21-19-24)27-12-6-10-16-31(27)49(46,47)41-34(44)33-23(2)26-11-5-9-15-30(26)48-33/h5-16,18-21H,3-4,17,22H2,1-2H3,(H,41,44). The lowest BCUT2D eigenvalue weighted by molar-refractivity contribution is -0.137. The van der Waals surface area contributed by atoms with Crippen LogP contribution in [-0.4, -0.2) is 28.7 Å². The number of carbonyl (C=O) groups excluding carboxylic acids is 1. The Morgan fingerprint density at radius 2 is 1.59 bits per heavy atom. The van der Waals surface area contributed by atoms with Gasteiger partial charge in [0.1, 0.15) is 11.4 Å². The maximum absolute atomic E-state index is 13.8. The van der Waals surface area contributed by atoms with Crippen molar-refractivity contribution in [3.8, 4) is 16.8 Å². The average molecular weight is 689 g/mol. The van der Waals surface area contributed by atoms with Crippen molar-refractivity contribution in [3.63, 3.8) is 0 Å². The first-order chi connectivity index (χ1) is 23.4. The van der Waals surface area contributed by atoms with E-state index in [4.69, 9.17) is 4.42 Å². The highest BCUT2D eigenvalue weighted by Gasteiger charge is 2.35. The molecule has 6 rings (SSSR count). The monoisotopic (exact) mass is 688 g/mol. The second-order valence-corrected chi connectivity index (χ2v) is 13.1. The lowest BCUT2D eigenvalue weighted by Crippen LogP contribution is -2.31. The minimum absolute atomic E-state index is 0.0270. The molecular weight excluding hydrogens is 657 g/mol. The summed E-state index contributed by atoms with van der Waals surface area (Å²) in [5.74, 6) is -0.660. The highest BCUT2D eigenvalue weighted by molar-refractivity contribution is 7.90. The molecule has 0 aliphatic rings. The Morgan fingerprint density at radius 1 is 0.918 bits per heavy atom. The van der Waals surface area contributed by atoms with Gasteiger partial charge in [-0.2, -0.15) is 17.9 Å². The molecule has 0 saturated heterocycles. The highest BCUT2D eigenvalue weighted by Crippen LogP contribution is 2.33. The van der Waals surface area contributed by atoms with E-state index in [0.717, 1.165) is 17.2 Å². The summed E-state index contributed by atoms with van der Waals surface area (Å²) in [5.41, 5.74) is 0.428. The van der Waals surface area contributed by atoms with Crippen molar-refractivity contribution in [2.45, 2.75) is 50.7 Å². The summed E-state index contributed by atoms with van der Waals surface area (Å²) >= 11 is 0. The van der Waals surface area contributed by atoms with Crippen LogP contribution in [0.1, 0.15) is 52.8 Å². The predicted octanol–water partition coefficient (Wildman–Crippen LogP) is 7.28. The summed E-state index contributed by atoms with van der Waals surface area (Å²) < 4.78 is 78.3. The zero-order valence-corrected chi connectivity index (χ0v) is 27.3. The van der Waals surface area contributed by atoms with E-state index in [1.807, 2.05) is 6.92 Å². The van der Waals surface area contributed by atoms with Gasteiger partial charge in [-0.05, 0) is 48.7 Å². The van der Waals surface area contributed by atoms with E-state index in [1.54, 1.807) is 73.7 Å². The number of amides is 1. The molecule has 6 aromatic rings. The van der Waals surface area contributed by atoms with Crippen LogP contribution in [0.4, 0.5) is 13.2 Å². The summed E-state index contributed by atoms with van der Waals surface area (Å²) in [6.45, 7) is 3.66. The van der Waals surface area contributed by atoms with Gasteiger partial charge in [0, 0.05) is 22.9 Å². The van der Waals surface area contributed by atoms with Crippen molar-refractivity contribution in [3.05, 3.63) is 136 Å². The lowest BCUT2D eigenvalue weighted by atomic mass is 10.0. The smallest absolute Gasteiger partial charge is 0.418 e. The fraction of sp³-hybridized carbons (Fsp3) is 0.194. The second-order valence-electron chi connectivity index (χ2n) is 11.5. The number of fused-ring (bicyclic) bond motifs is 1. The number of carbonyl (C=O) groups is 1. The first-order valence-corrected chi connectivity index (χ1v) is 17.0. The Balaban J connectivity index is 1.29. The summed E-state index contributed by atoms with van der Waals surface area (Å²) in [6, 6.07) is 24.8. The van der Waals surface area contributed by atoms with E-state index < -0.39 is 33.4 Å². The number of unbranched alkanes of at least 4 members (excludes halogenated alkanes) is 1. The molecule has 0 saturated carbocycles. The van der Waals surface area contributed by atoms with Gasteiger partial charge in [-0.15, -0.1) is 5.10 Å². The molecule has 2 heterocycles. The van der Waals surface area contributed by atoms with Crippen molar-refractivity contribution in [2.75, 3.05) is 0 Å². The van der Waals surface area contributed by atoms with E-state index in [1.165, 1.54) is 28.8 Å². The van der Waals surface area contributed by atoms with Gasteiger partial charge in [0.25, 0.3) is 10.0 Å². The van der Waals surface area contributed by atoms with Crippen molar-refractivity contribution >= 4 is 26.9 Å². The van der Waals surface area contributed by atoms with Gasteiger partial charge in [0.15, 0.2) is 5.76 Å². The van der Waals surface area contributed by atoms with Crippen LogP contribution in [0.2, 0.25) is 0 Å². The molecule has 4 aromatic carbocycles. The molecule has 0 radical (unpaired) electrons. The zero-order chi connectivity index (χ0) is 34.9. The zero-order valence-electron chi connectivity index (χ0n) is 26.5. The number of nitrogens with zero attached hydrogens (tertiary/aromatic N) is 3. The van der Waals surface area contributed by atoms with Crippen molar-refractivity contribution < 1.29 is 30.8 Å². The number of alkyl halides is 3. The van der Waals surface area contributed by atoms with Crippen LogP contribution in [0.3, 0.4) is 0 Å². The Hall–Kier alpha value is -5.43. The van der Waals surface area contributed by atoms with Gasteiger partial charge in [-0.1, -0.05) is 86.1 Å². The van der Waals surface area contributed by atoms with E-state index in [2.05, 4.69) is 9.82 Å². The Morgan fingerprint density at radius 3 is 2.31 bits per heavy atom. The molecule has 2 aromatic heterocycles. The third-order valence-electron chi connectivity index (χ3n) is 8.19. The molecule has 0 aliphatic heterocycles. The molecule has 252 valence electrons. The number of aromatic nitrogens is 3. The van der Waals surface area contributed by atoms with Crippen molar-refractivity contribution in [2.24, 2.45) is 0 Å². The van der Waals surface area contributed by atoms with E-state index >= 15 is 0 Å². The molecule has 13 heteroatoms. The minimum atomic E-state index is -4.68. The second kappa shape index (κ2) is 13.2. The summed E-state index contributed by atoms with van der Waals surface area (Å²) in [6.07, 6.45) is -2.84. The Bertz CT molecular complexity index is 2340. The van der Waals surface area contributed by atoms with Crippen LogP contribution in [0, 0.1) is 6.92 Å². The van der Waals surface area contributed by atoms with Crippen LogP contribution in [0.15, 0.2) is 111 Å². The number of benzene rings is 4. The molecule has 0 spiro atoms. The number of halogens is 3. The third-order valence-corrected chi connectivity index (χ3v) is 9.58. The van der Waals surface area contributed by atoms with Crippen LogP contribution in [0.25, 0.3) is 27.8 Å². The number of sulfonamides is 1. The maximum Gasteiger partial charge on any atom is 0.418 e. The van der Waals surface area contributed by atoms with Gasteiger partial charge in [-0.25, -0.2) is 17.9 Å². The number of hydrogen-bond donors (Lipinski definition) is 1. The number of nitrogens with one attached hydrogen (secondary N) is 1. The van der Waals surface area contributed by atoms with Crippen LogP contribution in [-0.2, 0) is 29.2 Å². The average Bonchev–Trinajstić information content (AvgIpc) is 3.59. The quantitative estimate of drug-likeness (QED) is 0.162. The predicted molar refractivity (Wildman–Crippen MR) is 178 cm³/mol. The molecule has 0 bridgehead atoms. The third kappa shape index (κ3) is 6.66. The lowest BCUT2D eigenvalue weighted by Gasteiger charge is -2.12. The van der Waals surface area contributed by atoms with E-state index in [-0.39, 0.29) is 22.9 Å². The van der Waals surface area contributed by atoms with E-state index in [0.29, 0.717) is 51.9 Å². The van der Waals surface area contributed by atoms with Crippen LogP contribution < -0.4 is 10.4 Å². The fourth-order valence-electron chi connectivity index (χ4n) is 5.70. The van der Waals surface area contributed by atoms with E-state index in [9.17, 15) is 31.2 Å². The Labute approximate surface area is 279 Å². The topological polar surface area (TPSA) is 116 Å². The molecule has 0 atom stereocenters. The van der Waals surface area contributed by atoms with Crippen molar-refractivity contribution in [1.82, 2.24) is 19.1 Å². The van der Waals surface area contributed by atoms with Crippen LogP contribution in [0.5, 0.6) is 0 Å². The first-order valence-electron chi connectivity index (χ1n) is 15.5. The number of hydrogen-bond acceptors (Lipinski definition) is 6. The summed E-state index contributed by atoms with van der Waals surface area (Å²) in [4.78, 5) is 26.5. The van der Waals surface area contributed by atoms with Gasteiger partial charge in [0.05, 0.1) is 22.7 Å². The van der Waals surface area contributed by atoms with Gasteiger partial charge in [0.2, 0.25) is 0 Å². The molecule has 0 fully saturated rings. The van der Waals surface area contributed by atoms with Gasteiger partial charge in [-0.3, -0.25) is 9.36 Å². The van der Waals surface area contributed by atoms with Gasteiger partial charge < -0.3 is 4.42 Å². The normalized spacial score (nSPS) is 12.0. The number of rotatable bonds is 10. The number of furan rings is 1. The van der Waals surface area contributed by atoms with Crippen LogP contribution >= 0.6 is 0 Å². The molecule has 1 amide bonds. The van der Waals surface area contributed by atoms with Crippen molar-refractivity contribution in [1.29, 1.82) is 0 Å². The van der Waals surface area contributed by atoms with Gasteiger partial charge >= 0.3 is 17.8 Å². The molecule has 9 nitrogen and oxygen atoms in total. The first kappa shape index (κ1) is 33.5. The minimum Gasteiger partial charge on any atom is -0.451 e. The summed E-state index contributed by atoms with van der Waals surface area (Å²) in [7, 11) is -4.35.